The summed E-state index contributed by atoms with van der Waals surface area (Å²) in [6.45, 7) is 14.0. The predicted molar refractivity (Wildman–Crippen MR) is 99.0 cm³/mol. The fourth-order valence-electron chi connectivity index (χ4n) is 3.06. The van der Waals surface area contributed by atoms with Crippen LogP contribution in [0.2, 0.25) is 0 Å². The standard InChI is InChI=1S/C17H29Cl2N3O/c1-7-13(11(2)15(19)12(3)18)20-16(23)21-14-8-9-22(6)10-17(14,4)5/h13-14H,2,7-10H2,1,3-6H3,(H2,20,21,23). The van der Waals surface area contributed by atoms with Gasteiger partial charge in [-0.25, -0.2) is 4.79 Å². The number of allylic oxidation sites excluding steroid dienone is 1. The first-order valence-corrected chi connectivity index (χ1v) is 8.80. The van der Waals surface area contributed by atoms with E-state index < -0.39 is 0 Å². The smallest absolute Gasteiger partial charge is 0.315 e. The lowest BCUT2D eigenvalue weighted by molar-refractivity contribution is 0.100. The lowest BCUT2D eigenvalue weighted by Crippen LogP contribution is -2.57. The summed E-state index contributed by atoms with van der Waals surface area (Å²) in [6.07, 6.45) is 1.64. The first kappa shape index (κ1) is 20.3. The van der Waals surface area contributed by atoms with E-state index in [-0.39, 0.29) is 23.5 Å². The number of hydrogen-bond acceptors (Lipinski definition) is 2. The molecule has 2 N–H and O–H groups in total. The lowest BCUT2D eigenvalue weighted by atomic mass is 9.79. The van der Waals surface area contributed by atoms with E-state index in [1.807, 2.05) is 6.92 Å². The molecule has 1 fully saturated rings. The van der Waals surface area contributed by atoms with E-state index in [1.54, 1.807) is 6.92 Å². The quantitative estimate of drug-likeness (QED) is 0.725. The van der Waals surface area contributed by atoms with Crippen LogP contribution < -0.4 is 10.6 Å². The van der Waals surface area contributed by atoms with E-state index in [2.05, 4.69) is 43.0 Å². The van der Waals surface area contributed by atoms with Crippen LogP contribution in [0.25, 0.3) is 0 Å². The highest BCUT2D eigenvalue weighted by Gasteiger charge is 2.35. The van der Waals surface area contributed by atoms with Gasteiger partial charge < -0.3 is 15.5 Å². The second kappa shape index (κ2) is 8.41. The van der Waals surface area contributed by atoms with Crippen molar-refractivity contribution in [3.63, 3.8) is 0 Å². The zero-order chi connectivity index (χ0) is 17.8. The maximum atomic E-state index is 12.4. The van der Waals surface area contributed by atoms with Crippen molar-refractivity contribution in [3.8, 4) is 0 Å². The molecule has 23 heavy (non-hydrogen) atoms. The number of rotatable bonds is 5. The third kappa shape index (κ3) is 5.70. The number of piperidine rings is 1. The molecular weight excluding hydrogens is 333 g/mol. The molecule has 0 saturated carbocycles. The minimum absolute atomic E-state index is 0.0351. The summed E-state index contributed by atoms with van der Waals surface area (Å²) < 4.78 is 0. The summed E-state index contributed by atoms with van der Waals surface area (Å²) in [4.78, 5) is 14.7. The Bertz CT molecular complexity index is 484. The minimum Gasteiger partial charge on any atom is -0.335 e. The topological polar surface area (TPSA) is 44.4 Å². The molecule has 2 unspecified atom stereocenters. The fraction of sp³-hybridized carbons (Fsp3) is 0.706. The molecule has 0 spiro atoms. The van der Waals surface area contributed by atoms with Crippen molar-refractivity contribution in [1.82, 2.24) is 15.5 Å². The van der Waals surface area contributed by atoms with Crippen LogP contribution in [0.1, 0.15) is 40.5 Å². The Balaban J connectivity index is 2.68. The highest BCUT2D eigenvalue weighted by Crippen LogP contribution is 2.28. The third-order valence-corrected chi connectivity index (χ3v) is 5.26. The molecule has 0 aliphatic carbocycles. The van der Waals surface area contributed by atoms with Crippen LogP contribution in [-0.2, 0) is 0 Å². The Hall–Kier alpha value is -0.710. The molecule has 0 aromatic rings. The Labute approximate surface area is 150 Å². The molecule has 1 heterocycles. The van der Waals surface area contributed by atoms with Crippen LogP contribution in [0.4, 0.5) is 4.79 Å². The predicted octanol–water partition coefficient (Wildman–Crippen LogP) is 4.06. The monoisotopic (exact) mass is 361 g/mol. The van der Waals surface area contributed by atoms with Crippen LogP contribution in [0.5, 0.6) is 0 Å². The molecule has 0 bridgehead atoms. The summed E-state index contributed by atoms with van der Waals surface area (Å²) in [5.41, 5.74) is 0.673. The average molecular weight is 362 g/mol. The first-order chi connectivity index (χ1) is 10.6. The maximum Gasteiger partial charge on any atom is 0.315 e. The second-order valence-electron chi connectivity index (χ2n) is 7.02. The SMILES string of the molecule is C=C(C(Cl)=C(C)Cl)C(CC)NC(=O)NC1CCN(C)CC1(C)C. The van der Waals surface area contributed by atoms with Crippen molar-refractivity contribution in [3.05, 3.63) is 22.2 Å². The largest absolute Gasteiger partial charge is 0.335 e. The van der Waals surface area contributed by atoms with Crippen molar-refractivity contribution in [2.45, 2.75) is 52.6 Å². The van der Waals surface area contributed by atoms with Crippen molar-refractivity contribution in [2.75, 3.05) is 20.1 Å². The van der Waals surface area contributed by atoms with Crippen LogP contribution in [0.15, 0.2) is 22.2 Å². The summed E-state index contributed by atoms with van der Waals surface area (Å²) in [5, 5.41) is 6.96. The Kier molecular flexibility index (Phi) is 7.43. The van der Waals surface area contributed by atoms with E-state index >= 15 is 0 Å². The summed E-state index contributed by atoms with van der Waals surface area (Å²) in [6, 6.07) is -0.270. The Morgan fingerprint density at radius 3 is 2.52 bits per heavy atom. The number of carbonyl (C=O) groups excluding carboxylic acids is 1. The number of carbonyl (C=O) groups is 1. The molecule has 0 radical (unpaired) electrons. The number of halogens is 2. The van der Waals surface area contributed by atoms with Gasteiger partial charge in [0.05, 0.1) is 11.1 Å². The first-order valence-electron chi connectivity index (χ1n) is 8.05. The van der Waals surface area contributed by atoms with Gasteiger partial charge in [-0.1, -0.05) is 50.6 Å². The van der Waals surface area contributed by atoms with Gasteiger partial charge in [0.25, 0.3) is 0 Å². The minimum atomic E-state index is -0.231. The number of urea groups is 1. The van der Waals surface area contributed by atoms with Crippen LogP contribution in [0, 0.1) is 5.41 Å². The molecule has 2 amide bonds. The summed E-state index contributed by atoms with van der Waals surface area (Å²) >= 11 is 12.1. The number of nitrogens with zero attached hydrogens (tertiary/aromatic N) is 1. The van der Waals surface area contributed by atoms with E-state index in [1.165, 1.54) is 0 Å². The van der Waals surface area contributed by atoms with E-state index in [4.69, 9.17) is 23.2 Å². The number of amides is 2. The zero-order valence-electron chi connectivity index (χ0n) is 14.8. The van der Waals surface area contributed by atoms with Crippen molar-refractivity contribution in [2.24, 2.45) is 5.41 Å². The number of hydrogen-bond donors (Lipinski definition) is 2. The van der Waals surface area contributed by atoms with E-state index in [9.17, 15) is 4.79 Å². The molecule has 1 aliphatic heterocycles. The van der Waals surface area contributed by atoms with Gasteiger partial charge in [-0.05, 0) is 44.3 Å². The van der Waals surface area contributed by atoms with E-state index in [0.717, 1.165) is 19.5 Å². The van der Waals surface area contributed by atoms with Crippen LogP contribution in [0.3, 0.4) is 0 Å². The molecule has 132 valence electrons. The number of nitrogens with one attached hydrogen (secondary N) is 2. The van der Waals surface area contributed by atoms with Gasteiger partial charge >= 0.3 is 6.03 Å². The second-order valence-corrected chi connectivity index (χ2v) is 7.96. The maximum absolute atomic E-state index is 12.4. The van der Waals surface area contributed by atoms with Gasteiger partial charge in [-0.2, -0.15) is 0 Å². The van der Waals surface area contributed by atoms with Crippen LogP contribution in [-0.4, -0.2) is 43.2 Å². The van der Waals surface area contributed by atoms with Crippen LogP contribution >= 0.6 is 23.2 Å². The molecular formula is C17H29Cl2N3O. The van der Waals surface area contributed by atoms with Gasteiger partial charge in [0.15, 0.2) is 0 Å². The van der Waals surface area contributed by atoms with Crippen molar-refractivity contribution in [1.29, 1.82) is 0 Å². The molecule has 1 saturated heterocycles. The highest BCUT2D eigenvalue weighted by atomic mass is 35.5. The van der Waals surface area contributed by atoms with E-state index in [0.29, 0.717) is 22.1 Å². The van der Waals surface area contributed by atoms with Gasteiger partial charge in [0.1, 0.15) is 0 Å². The van der Waals surface area contributed by atoms with Crippen molar-refractivity contribution < 1.29 is 4.79 Å². The molecule has 1 rings (SSSR count). The third-order valence-electron chi connectivity index (χ3n) is 4.44. The molecule has 0 aromatic heterocycles. The van der Waals surface area contributed by atoms with Gasteiger partial charge in [-0.15, -0.1) is 0 Å². The molecule has 1 aliphatic rings. The number of likely N-dealkylation sites (tertiary alicyclic amines) is 1. The average Bonchev–Trinajstić information content (AvgIpc) is 2.45. The Morgan fingerprint density at radius 2 is 2.04 bits per heavy atom. The summed E-state index contributed by atoms with van der Waals surface area (Å²) in [5.74, 6) is 0. The molecule has 2 atom stereocenters. The fourth-order valence-corrected chi connectivity index (χ4v) is 3.31. The highest BCUT2D eigenvalue weighted by molar-refractivity contribution is 6.40. The molecule has 6 heteroatoms. The van der Waals surface area contributed by atoms with Gasteiger partial charge in [0.2, 0.25) is 0 Å². The Morgan fingerprint density at radius 1 is 1.43 bits per heavy atom. The molecule has 4 nitrogen and oxygen atoms in total. The zero-order valence-corrected chi connectivity index (χ0v) is 16.3. The lowest BCUT2D eigenvalue weighted by Gasteiger charge is -2.43. The summed E-state index contributed by atoms with van der Waals surface area (Å²) in [7, 11) is 2.11. The van der Waals surface area contributed by atoms with Gasteiger partial charge in [-0.3, -0.25) is 0 Å². The van der Waals surface area contributed by atoms with Crippen molar-refractivity contribution >= 4 is 29.2 Å². The molecule has 0 aromatic carbocycles. The normalized spacial score (nSPS) is 23.7. The van der Waals surface area contributed by atoms with Gasteiger partial charge in [0, 0.05) is 17.6 Å².